The van der Waals surface area contributed by atoms with Gasteiger partial charge in [-0.15, -0.1) is 0 Å². The Hall–Kier alpha value is -4.06. The van der Waals surface area contributed by atoms with Crippen LogP contribution < -0.4 is 9.47 Å². The third kappa shape index (κ3) is 4.71. The third-order valence-electron chi connectivity index (χ3n) is 6.47. The van der Waals surface area contributed by atoms with Gasteiger partial charge in [-0.25, -0.2) is 0 Å². The number of hydrogen-bond acceptors (Lipinski definition) is 5. The van der Waals surface area contributed by atoms with Crippen LogP contribution in [0.5, 0.6) is 11.5 Å². The zero-order valence-electron chi connectivity index (χ0n) is 21.1. The highest BCUT2D eigenvalue weighted by Crippen LogP contribution is 2.42. The molecule has 3 aromatic rings. The van der Waals surface area contributed by atoms with E-state index in [1.807, 2.05) is 69.3 Å². The number of carbonyl (C=O) groups excluding carboxylic acids is 2. The predicted octanol–water partition coefficient (Wildman–Crippen LogP) is 5.72. The number of hydrogen-bond donors (Lipinski definition) is 1. The molecule has 0 radical (unpaired) electrons. The largest absolute Gasteiger partial charge is 0.507 e. The van der Waals surface area contributed by atoms with E-state index < -0.39 is 17.7 Å². The molecule has 1 saturated heterocycles. The second kappa shape index (κ2) is 10.7. The van der Waals surface area contributed by atoms with E-state index in [2.05, 4.69) is 0 Å². The van der Waals surface area contributed by atoms with E-state index in [1.165, 1.54) is 4.90 Å². The van der Waals surface area contributed by atoms with Gasteiger partial charge < -0.3 is 19.5 Å². The highest BCUT2D eigenvalue weighted by molar-refractivity contribution is 6.46. The lowest BCUT2D eigenvalue weighted by Crippen LogP contribution is -2.29. The minimum Gasteiger partial charge on any atom is -0.507 e. The van der Waals surface area contributed by atoms with E-state index in [0.29, 0.717) is 17.9 Å². The summed E-state index contributed by atoms with van der Waals surface area (Å²) in [5.41, 5.74) is 3.85. The number of rotatable bonds is 8. The maximum atomic E-state index is 13.4. The number of ketones is 1. The molecule has 1 fully saturated rings. The average Bonchev–Trinajstić information content (AvgIpc) is 3.13. The standard InChI is InChI=1S/C30H31NO5/c1-5-16-36-24-15-14-21(17-20(24)3)28(32)26-27(23-12-8-6-10-19(23)2)31(30(34)29(26)33)18-22-11-7-9-13-25(22)35-4/h6-15,17,27,32H,5,16,18H2,1-4H3/b28-26+. The van der Waals surface area contributed by atoms with Gasteiger partial charge in [0.25, 0.3) is 11.7 Å². The number of benzene rings is 3. The van der Waals surface area contributed by atoms with Gasteiger partial charge in [-0.1, -0.05) is 49.4 Å². The van der Waals surface area contributed by atoms with Crippen LogP contribution in [0.4, 0.5) is 0 Å². The van der Waals surface area contributed by atoms with Crippen molar-refractivity contribution in [2.24, 2.45) is 0 Å². The van der Waals surface area contributed by atoms with Crippen LogP contribution in [-0.4, -0.2) is 35.4 Å². The Bertz CT molecular complexity index is 1330. The summed E-state index contributed by atoms with van der Waals surface area (Å²) in [6, 6.07) is 19.5. The molecule has 1 aliphatic heterocycles. The summed E-state index contributed by atoms with van der Waals surface area (Å²) in [6.07, 6.45) is 0.882. The van der Waals surface area contributed by atoms with Crippen LogP contribution in [0.1, 0.15) is 47.2 Å². The zero-order chi connectivity index (χ0) is 25.8. The number of aliphatic hydroxyl groups excluding tert-OH is 1. The summed E-state index contributed by atoms with van der Waals surface area (Å²) in [7, 11) is 1.57. The molecule has 0 aromatic heterocycles. The number of aliphatic hydroxyl groups is 1. The van der Waals surface area contributed by atoms with E-state index in [1.54, 1.807) is 25.3 Å². The number of aryl methyl sites for hydroxylation is 2. The fraction of sp³-hybridized carbons (Fsp3) is 0.267. The minimum absolute atomic E-state index is 0.0748. The van der Waals surface area contributed by atoms with Crippen molar-refractivity contribution in [1.82, 2.24) is 4.90 Å². The van der Waals surface area contributed by atoms with Crippen LogP contribution in [0.15, 0.2) is 72.3 Å². The lowest BCUT2D eigenvalue weighted by Gasteiger charge is -2.27. The monoisotopic (exact) mass is 485 g/mol. The highest BCUT2D eigenvalue weighted by atomic mass is 16.5. The molecule has 0 bridgehead atoms. The summed E-state index contributed by atoms with van der Waals surface area (Å²) in [4.78, 5) is 28.3. The molecule has 3 aromatic carbocycles. The second-order valence-electron chi connectivity index (χ2n) is 8.92. The van der Waals surface area contributed by atoms with Crippen LogP contribution in [0.25, 0.3) is 5.76 Å². The first-order valence-electron chi connectivity index (χ1n) is 12.1. The van der Waals surface area contributed by atoms with Crippen LogP contribution in [0.3, 0.4) is 0 Å². The molecule has 6 nitrogen and oxygen atoms in total. The molecule has 1 amide bonds. The van der Waals surface area contributed by atoms with Gasteiger partial charge in [-0.3, -0.25) is 9.59 Å². The normalized spacial score (nSPS) is 16.9. The molecular formula is C30H31NO5. The molecule has 186 valence electrons. The number of nitrogens with zero attached hydrogens (tertiary/aromatic N) is 1. The Morgan fingerprint density at radius 1 is 0.944 bits per heavy atom. The fourth-order valence-corrected chi connectivity index (χ4v) is 4.60. The zero-order valence-corrected chi connectivity index (χ0v) is 21.1. The summed E-state index contributed by atoms with van der Waals surface area (Å²) in [5, 5.41) is 11.4. The van der Waals surface area contributed by atoms with Gasteiger partial charge in [0, 0.05) is 11.1 Å². The Morgan fingerprint density at radius 2 is 1.67 bits per heavy atom. The quantitative estimate of drug-likeness (QED) is 0.251. The number of ether oxygens (including phenoxy) is 2. The van der Waals surface area contributed by atoms with Gasteiger partial charge in [0.2, 0.25) is 0 Å². The fourth-order valence-electron chi connectivity index (χ4n) is 4.60. The highest BCUT2D eigenvalue weighted by Gasteiger charge is 2.46. The first-order valence-corrected chi connectivity index (χ1v) is 12.1. The maximum Gasteiger partial charge on any atom is 0.295 e. The Kier molecular flexibility index (Phi) is 7.44. The van der Waals surface area contributed by atoms with Gasteiger partial charge in [0.1, 0.15) is 17.3 Å². The summed E-state index contributed by atoms with van der Waals surface area (Å²) in [6.45, 7) is 6.61. The van der Waals surface area contributed by atoms with Crippen molar-refractivity contribution in [2.45, 2.75) is 39.8 Å². The molecule has 1 N–H and O–H groups in total. The topological polar surface area (TPSA) is 76.1 Å². The molecule has 1 aliphatic rings. The molecule has 6 heteroatoms. The second-order valence-corrected chi connectivity index (χ2v) is 8.92. The van der Waals surface area contributed by atoms with E-state index in [4.69, 9.17) is 9.47 Å². The lowest BCUT2D eigenvalue weighted by molar-refractivity contribution is -0.140. The van der Waals surface area contributed by atoms with Gasteiger partial charge in [-0.2, -0.15) is 0 Å². The maximum absolute atomic E-state index is 13.4. The molecule has 1 unspecified atom stereocenters. The minimum atomic E-state index is -0.743. The molecule has 0 saturated carbocycles. The van der Waals surface area contributed by atoms with E-state index in [0.717, 1.165) is 34.4 Å². The first kappa shape index (κ1) is 25.0. The van der Waals surface area contributed by atoms with Crippen LogP contribution in [0.2, 0.25) is 0 Å². The number of carbonyl (C=O) groups is 2. The number of Topliss-reactive ketones (excluding diaryl/α,β-unsaturated/α-hetero) is 1. The van der Waals surface area contributed by atoms with Crippen molar-refractivity contribution in [3.05, 3.63) is 100 Å². The summed E-state index contributed by atoms with van der Waals surface area (Å²) < 4.78 is 11.2. The number of para-hydroxylation sites is 1. The van der Waals surface area contributed by atoms with Crippen LogP contribution in [0, 0.1) is 13.8 Å². The number of amides is 1. The van der Waals surface area contributed by atoms with Crippen molar-refractivity contribution < 1.29 is 24.2 Å². The number of likely N-dealkylation sites (tertiary alicyclic amines) is 1. The molecule has 36 heavy (non-hydrogen) atoms. The van der Waals surface area contributed by atoms with Crippen molar-refractivity contribution in [1.29, 1.82) is 0 Å². The van der Waals surface area contributed by atoms with Gasteiger partial charge in [0.05, 0.1) is 31.9 Å². The SMILES string of the molecule is CCCOc1ccc(/C(O)=C2\C(=O)C(=O)N(Cc3ccccc3OC)C2c2ccccc2C)cc1C. The Morgan fingerprint density at radius 3 is 2.36 bits per heavy atom. The Labute approximate surface area is 211 Å². The van der Waals surface area contributed by atoms with Gasteiger partial charge in [-0.05, 0) is 61.2 Å². The van der Waals surface area contributed by atoms with Crippen LogP contribution in [-0.2, 0) is 16.1 Å². The molecule has 0 aliphatic carbocycles. The predicted molar refractivity (Wildman–Crippen MR) is 139 cm³/mol. The van der Waals surface area contributed by atoms with E-state index >= 15 is 0 Å². The molecule has 1 atom stereocenters. The average molecular weight is 486 g/mol. The molecule has 1 heterocycles. The lowest BCUT2D eigenvalue weighted by atomic mass is 9.92. The van der Waals surface area contributed by atoms with E-state index in [-0.39, 0.29) is 17.9 Å². The Balaban J connectivity index is 1.84. The molecular weight excluding hydrogens is 454 g/mol. The molecule has 4 rings (SSSR count). The van der Waals surface area contributed by atoms with Crippen molar-refractivity contribution in [3.8, 4) is 11.5 Å². The summed E-state index contributed by atoms with van der Waals surface area (Å²) in [5.74, 6) is -0.217. The van der Waals surface area contributed by atoms with Gasteiger partial charge >= 0.3 is 0 Å². The van der Waals surface area contributed by atoms with E-state index in [9.17, 15) is 14.7 Å². The van der Waals surface area contributed by atoms with Gasteiger partial charge in [0.15, 0.2) is 0 Å². The van der Waals surface area contributed by atoms with Crippen molar-refractivity contribution in [3.63, 3.8) is 0 Å². The summed E-state index contributed by atoms with van der Waals surface area (Å²) >= 11 is 0. The smallest absolute Gasteiger partial charge is 0.295 e. The first-order chi connectivity index (χ1) is 17.4. The molecule has 0 spiro atoms. The van der Waals surface area contributed by atoms with Crippen LogP contribution >= 0.6 is 0 Å². The third-order valence-corrected chi connectivity index (χ3v) is 6.47. The van der Waals surface area contributed by atoms with Crippen molar-refractivity contribution >= 4 is 17.4 Å². The van der Waals surface area contributed by atoms with Crippen molar-refractivity contribution in [2.75, 3.05) is 13.7 Å². The number of methoxy groups -OCH3 is 1.